The molecule has 0 spiro atoms. The third kappa shape index (κ3) is 77.6. The molecule has 0 bridgehead atoms. The van der Waals surface area contributed by atoms with E-state index in [0.717, 1.165) is 154 Å². The van der Waals surface area contributed by atoms with Gasteiger partial charge in [0.25, 0.3) is 0 Å². The monoisotopic (exact) mass is 1480 g/mol. The number of aliphatic hydroxyl groups excluding tert-OH is 2. The molecule has 0 aromatic rings. The molecule has 0 fully saturated rings. The van der Waals surface area contributed by atoms with Crippen LogP contribution in [0.25, 0.3) is 0 Å². The van der Waals surface area contributed by atoms with E-state index in [4.69, 9.17) is 32.3 Å². The first-order chi connectivity index (χ1) is 50.2. The number of carbonyl (C=O) groups excluding carboxylic acids is 3. The van der Waals surface area contributed by atoms with Crippen molar-refractivity contribution in [1.29, 1.82) is 0 Å². The lowest BCUT2D eigenvalue weighted by Gasteiger charge is -2.21. The van der Waals surface area contributed by atoms with Crippen LogP contribution in [0.3, 0.4) is 0 Å². The fourth-order valence-corrected chi connectivity index (χ4v) is 11.3. The molecule has 0 rings (SSSR count). The van der Waals surface area contributed by atoms with Gasteiger partial charge in [-0.25, -0.2) is 9.13 Å². The molecule has 0 aliphatic rings. The summed E-state index contributed by atoms with van der Waals surface area (Å²) in [6, 6.07) is 0. The predicted octanol–water partition coefficient (Wildman–Crippen LogP) is 23.0. The van der Waals surface area contributed by atoms with Gasteiger partial charge in [0.05, 0.1) is 26.4 Å². The number of carbonyl (C=O) groups is 3. The summed E-state index contributed by atoms with van der Waals surface area (Å²) in [5.74, 6) is -1.68. The first-order valence-corrected chi connectivity index (χ1v) is 42.1. The van der Waals surface area contributed by atoms with Gasteiger partial charge in [-0.1, -0.05) is 280 Å². The summed E-state index contributed by atoms with van der Waals surface area (Å²) in [6.45, 7) is 2.31. The van der Waals surface area contributed by atoms with Crippen LogP contribution in [0.5, 0.6) is 0 Å². The van der Waals surface area contributed by atoms with E-state index in [1.54, 1.807) is 0 Å². The minimum Gasteiger partial charge on any atom is -0.463 e. The normalized spacial score (nSPS) is 15.0. The molecule has 0 aromatic carbocycles. The highest BCUT2D eigenvalue weighted by Gasteiger charge is 2.29. The number of ether oxygens (including phenoxy) is 3. The van der Waals surface area contributed by atoms with E-state index in [1.165, 1.54) is 64.2 Å². The number of aliphatic hydroxyl groups is 2. The molecule has 0 aromatic heterocycles. The molecule has 5 unspecified atom stereocenters. The summed E-state index contributed by atoms with van der Waals surface area (Å²) in [7, 11) is -9.83. The van der Waals surface area contributed by atoms with Crippen molar-refractivity contribution < 1.29 is 75.8 Å². The summed E-state index contributed by atoms with van der Waals surface area (Å²) >= 11 is 0. The van der Waals surface area contributed by atoms with E-state index in [1.807, 2.05) is 0 Å². The maximum absolute atomic E-state index is 13.0. The molecule has 584 valence electrons. The Morgan fingerprint density at radius 1 is 0.282 bits per heavy atom. The van der Waals surface area contributed by atoms with Crippen LogP contribution in [-0.4, -0.2) is 95.9 Å². The van der Waals surface area contributed by atoms with Crippen LogP contribution >= 0.6 is 15.6 Å². The molecule has 0 saturated heterocycles. The molecule has 0 aliphatic heterocycles. The maximum Gasteiger partial charge on any atom is 0.472 e. The van der Waals surface area contributed by atoms with Crippen molar-refractivity contribution in [3.05, 3.63) is 182 Å². The average molecular weight is 1480 g/mol. The van der Waals surface area contributed by atoms with Crippen molar-refractivity contribution in [3.8, 4) is 0 Å². The summed E-state index contributed by atoms with van der Waals surface area (Å²) in [5, 5.41) is 20.6. The Kier molecular flexibility index (Phi) is 72.3. The third-order valence-electron chi connectivity index (χ3n) is 15.6. The Morgan fingerprint density at radius 2 is 0.515 bits per heavy atom. The highest BCUT2D eigenvalue weighted by Crippen LogP contribution is 2.45. The zero-order valence-electron chi connectivity index (χ0n) is 63.7. The second kappa shape index (κ2) is 76.3. The molecule has 5 atom stereocenters. The number of hydrogen-bond donors (Lipinski definition) is 4. The number of rotatable bonds is 72. The second-order valence-corrected chi connectivity index (χ2v) is 28.3. The molecule has 18 heteroatoms. The lowest BCUT2D eigenvalue weighted by Crippen LogP contribution is -2.30. The van der Waals surface area contributed by atoms with Crippen molar-refractivity contribution in [2.75, 3.05) is 39.6 Å². The molecule has 0 radical (unpaired) electrons. The van der Waals surface area contributed by atoms with Gasteiger partial charge < -0.3 is 34.2 Å². The van der Waals surface area contributed by atoms with Crippen molar-refractivity contribution in [2.45, 2.75) is 296 Å². The quantitative estimate of drug-likeness (QED) is 0.0146. The van der Waals surface area contributed by atoms with Crippen molar-refractivity contribution in [3.63, 3.8) is 0 Å². The Balaban J connectivity index is 4.71. The fraction of sp³-hybridized carbons (Fsp3) is 0.612. The summed E-state index contributed by atoms with van der Waals surface area (Å²) in [6.07, 6.45) is 97.9. The van der Waals surface area contributed by atoms with E-state index in [9.17, 15) is 43.5 Å². The number of phosphoric acid groups is 2. The molecule has 4 N–H and O–H groups in total. The number of phosphoric ester groups is 2. The van der Waals surface area contributed by atoms with Gasteiger partial charge in [-0.2, -0.15) is 0 Å². The SMILES string of the molecule is CC/C=C\C/C=C\C/C=C\C/C=C\C/C=C\C/C=C\CCCCC(=O)OCC(COP(=O)(O)OCC(O)COP(=O)(O)OCC(O)COC(=O)CCCCCCCCCCCCC/C=C\C/C=C\C/C=C\C/C=C\CCCCC)OC(=O)CCCCC/C=C\C/C=C\C/C=C\C/C=C\C/C=C\CC. The first-order valence-electron chi connectivity index (χ1n) is 39.1. The maximum atomic E-state index is 13.0. The largest absolute Gasteiger partial charge is 0.472 e. The number of allylic oxidation sites excluding steroid dienone is 30. The Labute approximate surface area is 624 Å². The number of unbranched alkanes of at least 4 members (excludes halogenated alkanes) is 19. The fourth-order valence-electron chi connectivity index (χ4n) is 9.70. The molecule has 0 saturated carbocycles. The number of hydrogen-bond acceptors (Lipinski definition) is 14. The van der Waals surface area contributed by atoms with Gasteiger partial charge in [-0.3, -0.25) is 32.5 Å². The average Bonchev–Trinajstić information content (AvgIpc) is 0.936. The van der Waals surface area contributed by atoms with Crippen LogP contribution in [0.2, 0.25) is 0 Å². The summed E-state index contributed by atoms with van der Waals surface area (Å²) in [4.78, 5) is 58.7. The van der Waals surface area contributed by atoms with Gasteiger partial charge in [-0.15, -0.1) is 0 Å². The van der Waals surface area contributed by atoms with Crippen LogP contribution < -0.4 is 0 Å². The highest BCUT2D eigenvalue weighted by molar-refractivity contribution is 7.47. The highest BCUT2D eigenvalue weighted by atomic mass is 31.2. The molecule has 16 nitrogen and oxygen atoms in total. The number of esters is 3. The van der Waals surface area contributed by atoms with Gasteiger partial charge >= 0.3 is 33.6 Å². The summed E-state index contributed by atoms with van der Waals surface area (Å²) < 4.78 is 61.1. The zero-order valence-corrected chi connectivity index (χ0v) is 65.5. The lowest BCUT2D eigenvalue weighted by molar-refractivity contribution is -0.161. The summed E-state index contributed by atoms with van der Waals surface area (Å²) in [5.41, 5.74) is 0. The molecular formula is C85H138O16P2. The second-order valence-electron chi connectivity index (χ2n) is 25.4. The van der Waals surface area contributed by atoms with Gasteiger partial charge in [0, 0.05) is 19.3 Å². The van der Waals surface area contributed by atoms with Crippen LogP contribution in [0.15, 0.2) is 182 Å². The van der Waals surface area contributed by atoms with Gasteiger partial charge in [0.15, 0.2) is 6.10 Å². The van der Waals surface area contributed by atoms with Gasteiger partial charge in [0.2, 0.25) is 0 Å². The van der Waals surface area contributed by atoms with E-state index in [2.05, 4.69) is 203 Å². The topological polar surface area (TPSA) is 231 Å². The predicted molar refractivity (Wildman–Crippen MR) is 426 cm³/mol. The van der Waals surface area contributed by atoms with E-state index >= 15 is 0 Å². The standard InChI is InChI=1S/C85H138O16P2/c1-4-7-10-13-16-19-22-25-28-31-34-36-37-38-39-40-41-43-46-47-50-53-56-59-62-65-68-71-83(88)95-74-80(86)75-97-102(91,92)98-76-81(87)77-99-103(93,94)100-79-82(101-85(90)73-70-67-64-61-58-55-52-49-44-33-30-27-24-21-18-15-12-9-6-3)78-96-84(89)72-69-66-63-60-57-54-51-48-45-42-35-32-29-26-23-20-17-14-11-8-5-2/h8-9,11-12,16-21,25-30,34-36,38-39,42,44,48-49,51,55,57-58,60,80-82,86-87H,4-7,10,13-15,22-24,31-33,37,40-41,43,45-47,50,52-54,56,59,61-79H2,1-3H3,(H,91,92)(H,93,94)/b11-8-,12-9-,19-16-,20-17-,21-18-,28-25-,29-26-,30-27-,36-34-,39-38-,42-35-,49-44-,51-48-,58-55-,60-57-. The zero-order chi connectivity index (χ0) is 75.2. The van der Waals surface area contributed by atoms with E-state index in [0.29, 0.717) is 19.3 Å². The lowest BCUT2D eigenvalue weighted by atomic mass is 10.0. The van der Waals surface area contributed by atoms with Gasteiger partial charge in [0.1, 0.15) is 25.4 Å². The van der Waals surface area contributed by atoms with Crippen LogP contribution in [0.1, 0.15) is 278 Å². The van der Waals surface area contributed by atoms with Crippen LogP contribution in [-0.2, 0) is 55.8 Å². The molecule has 0 aliphatic carbocycles. The Morgan fingerprint density at radius 3 is 0.845 bits per heavy atom. The van der Waals surface area contributed by atoms with Crippen LogP contribution in [0, 0.1) is 0 Å². The smallest absolute Gasteiger partial charge is 0.463 e. The molecule has 0 amide bonds. The molecule has 103 heavy (non-hydrogen) atoms. The molecule has 0 heterocycles. The minimum atomic E-state index is -4.96. The Hall–Kier alpha value is -5.35. The van der Waals surface area contributed by atoms with E-state index < -0.39 is 91.5 Å². The first kappa shape index (κ1) is 97.7. The Bertz CT molecular complexity index is 2600. The van der Waals surface area contributed by atoms with Crippen LogP contribution in [0.4, 0.5) is 0 Å². The van der Waals surface area contributed by atoms with Crippen molar-refractivity contribution >= 4 is 33.6 Å². The van der Waals surface area contributed by atoms with Gasteiger partial charge in [-0.05, 0) is 161 Å². The third-order valence-corrected chi connectivity index (χ3v) is 17.5. The van der Waals surface area contributed by atoms with Crippen molar-refractivity contribution in [1.82, 2.24) is 0 Å². The van der Waals surface area contributed by atoms with E-state index in [-0.39, 0.29) is 19.3 Å². The van der Waals surface area contributed by atoms with Crippen molar-refractivity contribution in [2.24, 2.45) is 0 Å². The minimum absolute atomic E-state index is 0.0476. The molecular weight excluding hydrogens is 1340 g/mol.